The molecule has 6 heteroatoms. The average Bonchev–Trinajstić information content (AvgIpc) is 2.74. The zero-order chi connectivity index (χ0) is 11.8. The second-order valence-corrected chi connectivity index (χ2v) is 4.01. The van der Waals surface area contributed by atoms with E-state index in [1.165, 1.54) is 6.92 Å². The first-order chi connectivity index (χ1) is 7.47. The highest BCUT2D eigenvalue weighted by Gasteiger charge is 2.37. The predicted molar refractivity (Wildman–Crippen MR) is 51.0 cm³/mol. The lowest BCUT2D eigenvalue weighted by atomic mass is 10.1. The molecule has 3 nitrogen and oxygen atoms in total. The third-order valence-electron chi connectivity index (χ3n) is 2.69. The maximum Gasteiger partial charge on any atom is 0.436 e. The van der Waals surface area contributed by atoms with Gasteiger partial charge in [-0.1, -0.05) is 0 Å². The molecule has 1 unspecified atom stereocenters. The molecule has 0 spiro atoms. The van der Waals surface area contributed by atoms with Crippen LogP contribution < -0.4 is 5.32 Å². The Bertz CT molecular complexity index is 367. The lowest BCUT2D eigenvalue weighted by Gasteiger charge is -2.05. The summed E-state index contributed by atoms with van der Waals surface area (Å²) in [6.07, 6.45) is -1.98. The first kappa shape index (κ1) is 11.4. The fraction of sp³-hybridized carbons (Fsp3) is 0.700. The summed E-state index contributed by atoms with van der Waals surface area (Å²) in [7, 11) is 0. The first-order valence-electron chi connectivity index (χ1n) is 5.23. The second kappa shape index (κ2) is 4.08. The van der Waals surface area contributed by atoms with E-state index < -0.39 is 11.9 Å². The van der Waals surface area contributed by atoms with Crippen LogP contribution in [0.4, 0.5) is 13.2 Å². The van der Waals surface area contributed by atoms with Gasteiger partial charge in [0.2, 0.25) is 0 Å². The summed E-state index contributed by atoms with van der Waals surface area (Å²) in [6.45, 7) is 2.21. The molecule has 0 saturated carbocycles. The Morgan fingerprint density at radius 1 is 1.50 bits per heavy atom. The topological polar surface area (TPSA) is 38.1 Å². The molecule has 1 saturated heterocycles. The van der Waals surface area contributed by atoms with Gasteiger partial charge in [0.15, 0.2) is 11.6 Å². The van der Waals surface area contributed by atoms with Crippen LogP contribution >= 0.6 is 0 Å². The van der Waals surface area contributed by atoms with E-state index in [-0.39, 0.29) is 17.7 Å². The van der Waals surface area contributed by atoms with Gasteiger partial charge in [-0.2, -0.15) is 13.2 Å². The van der Waals surface area contributed by atoms with Gasteiger partial charge in [-0.05, 0) is 26.3 Å². The van der Waals surface area contributed by atoms with Crippen molar-refractivity contribution >= 4 is 0 Å². The van der Waals surface area contributed by atoms with E-state index in [1.54, 1.807) is 0 Å². The molecule has 1 aromatic rings. The highest BCUT2D eigenvalue weighted by molar-refractivity contribution is 5.12. The van der Waals surface area contributed by atoms with Gasteiger partial charge in [0, 0.05) is 12.5 Å². The fourth-order valence-corrected chi connectivity index (χ4v) is 1.94. The normalized spacial score (nSPS) is 21.6. The van der Waals surface area contributed by atoms with Crippen molar-refractivity contribution in [3.63, 3.8) is 0 Å². The van der Waals surface area contributed by atoms with Crippen molar-refractivity contribution in [1.82, 2.24) is 10.3 Å². The fourth-order valence-electron chi connectivity index (χ4n) is 1.94. The van der Waals surface area contributed by atoms with Crippen molar-refractivity contribution in [1.29, 1.82) is 0 Å². The van der Waals surface area contributed by atoms with Crippen molar-refractivity contribution < 1.29 is 17.6 Å². The van der Waals surface area contributed by atoms with Crippen LogP contribution in [-0.4, -0.2) is 17.6 Å². The number of oxazole rings is 1. The molecular formula is C10H13F3N2O. The van der Waals surface area contributed by atoms with E-state index in [0.29, 0.717) is 6.42 Å². The van der Waals surface area contributed by atoms with E-state index in [0.717, 1.165) is 19.4 Å². The molecule has 0 aliphatic carbocycles. The minimum Gasteiger partial charge on any atom is -0.445 e. The molecule has 1 aliphatic rings. The van der Waals surface area contributed by atoms with Crippen LogP contribution in [-0.2, 0) is 12.6 Å². The summed E-state index contributed by atoms with van der Waals surface area (Å²) < 4.78 is 42.3. The zero-order valence-electron chi connectivity index (χ0n) is 8.90. The van der Waals surface area contributed by atoms with Gasteiger partial charge in [0.05, 0.1) is 0 Å². The zero-order valence-corrected chi connectivity index (χ0v) is 8.90. The summed E-state index contributed by atoms with van der Waals surface area (Å²) >= 11 is 0. The molecule has 1 N–H and O–H groups in total. The lowest BCUT2D eigenvalue weighted by Crippen LogP contribution is -2.23. The molecule has 1 fully saturated rings. The molecule has 0 radical (unpaired) electrons. The third kappa shape index (κ3) is 2.37. The molecule has 1 aromatic heterocycles. The van der Waals surface area contributed by atoms with Gasteiger partial charge in [0.25, 0.3) is 0 Å². The number of aryl methyl sites for hydroxylation is 1. The number of nitrogens with zero attached hydrogens (tertiary/aromatic N) is 1. The first-order valence-corrected chi connectivity index (χ1v) is 5.23. The standard InChI is InChI=1S/C10H13F3N2O/c1-6-9(10(11,12)13)15-8(16-6)5-7-3-2-4-14-7/h7,14H,2-5H2,1H3. The Morgan fingerprint density at radius 2 is 2.25 bits per heavy atom. The molecule has 1 aliphatic heterocycles. The van der Waals surface area contributed by atoms with Crippen LogP contribution in [0.1, 0.15) is 30.2 Å². The van der Waals surface area contributed by atoms with Gasteiger partial charge in [-0.3, -0.25) is 0 Å². The number of hydrogen-bond acceptors (Lipinski definition) is 3. The highest BCUT2D eigenvalue weighted by Crippen LogP contribution is 2.31. The van der Waals surface area contributed by atoms with Gasteiger partial charge < -0.3 is 9.73 Å². The molecule has 90 valence electrons. The Morgan fingerprint density at radius 3 is 2.75 bits per heavy atom. The Labute approximate surface area is 91.0 Å². The molecule has 0 amide bonds. The molecule has 0 bridgehead atoms. The Hall–Kier alpha value is -1.04. The summed E-state index contributed by atoms with van der Waals surface area (Å²) in [5.74, 6) is 0.0183. The van der Waals surface area contributed by atoms with Crippen LogP contribution in [0.3, 0.4) is 0 Å². The van der Waals surface area contributed by atoms with Gasteiger partial charge >= 0.3 is 6.18 Å². The largest absolute Gasteiger partial charge is 0.445 e. The van der Waals surface area contributed by atoms with Gasteiger partial charge in [0.1, 0.15) is 5.76 Å². The van der Waals surface area contributed by atoms with Crippen molar-refractivity contribution in [3.8, 4) is 0 Å². The predicted octanol–water partition coefficient (Wildman–Crippen LogP) is 2.30. The van der Waals surface area contributed by atoms with Crippen molar-refractivity contribution in [2.75, 3.05) is 6.54 Å². The van der Waals surface area contributed by atoms with Crippen molar-refractivity contribution in [3.05, 3.63) is 17.3 Å². The quantitative estimate of drug-likeness (QED) is 0.853. The molecule has 2 heterocycles. The molecular weight excluding hydrogens is 221 g/mol. The summed E-state index contributed by atoms with van der Waals surface area (Å²) in [5, 5.41) is 3.19. The number of aromatic nitrogens is 1. The van der Waals surface area contributed by atoms with Gasteiger partial charge in [-0.15, -0.1) is 0 Å². The van der Waals surface area contributed by atoms with E-state index in [4.69, 9.17) is 4.42 Å². The monoisotopic (exact) mass is 234 g/mol. The molecule has 0 aromatic carbocycles. The minimum absolute atomic E-state index is 0.152. The van der Waals surface area contributed by atoms with Crippen LogP contribution in [0.2, 0.25) is 0 Å². The summed E-state index contributed by atoms with van der Waals surface area (Å²) in [5.41, 5.74) is -0.902. The Kier molecular flexibility index (Phi) is 2.92. The maximum atomic E-state index is 12.4. The maximum absolute atomic E-state index is 12.4. The smallest absolute Gasteiger partial charge is 0.436 e. The number of hydrogen-bond donors (Lipinski definition) is 1. The SMILES string of the molecule is Cc1oc(CC2CCCN2)nc1C(F)(F)F. The summed E-state index contributed by atoms with van der Waals surface area (Å²) in [6, 6.07) is 0.194. The van der Waals surface area contributed by atoms with E-state index in [2.05, 4.69) is 10.3 Å². The van der Waals surface area contributed by atoms with Crippen LogP contribution in [0.15, 0.2) is 4.42 Å². The number of nitrogens with one attached hydrogen (secondary N) is 1. The molecule has 2 rings (SSSR count). The van der Waals surface area contributed by atoms with Crippen molar-refractivity contribution in [2.45, 2.75) is 38.4 Å². The van der Waals surface area contributed by atoms with Crippen LogP contribution in [0.25, 0.3) is 0 Å². The van der Waals surface area contributed by atoms with Crippen LogP contribution in [0.5, 0.6) is 0 Å². The van der Waals surface area contributed by atoms with E-state index >= 15 is 0 Å². The van der Waals surface area contributed by atoms with Crippen LogP contribution in [0, 0.1) is 6.92 Å². The molecule has 16 heavy (non-hydrogen) atoms. The summed E-state index contributed by atoms with van der Waals surface area (Å²) in [4.78, 5) is 3.51. The third-order valence-corrected chi connectivity index (χ3v) is 2.69. The van der Waals surface area contributed by atoms with Crippen molar-refractivity contribution in [2.24, 2.45) is 0 Å². The highest BCUT2D eigenvalue weighted by atomic mass is 19.4. The average molecular weight is 234 g/mol. The molecule has 1 atom stereocenters. The lowest BCUT2D eigenvalue weighted by molar-refractivity contribution is -0.141. The number of rotatable bonds is 2. The van der Waals surface area contributed by atoms with Gasteiger partial charge in [-0.25, -0.2) is 4.98 Å². The number of alkyl halides is 3. The number of halogens is 3. The van der Waals surface area contributed by atoms with E-state index in [1.807, 2.05) is 0 Å². The second-order valence-electron chi connectivity index (χ2n) is 4.01. The van der Waals surface area contributed by atoms with E-state index in [9.17, 15) is 13.2 Å². The minimum atomic E-state index is -4.42. The Balaban J connectivity index is 2.11.